The molecule has 2 aromatic heterocycles. The third-order valence-electron chi connectivity index (χ3n) is 3.99. The number of aliphatic imine (C=N–C) groups is 1. The predicted octanol–water partition coefficient (Wildman–Crippen LogP) is 2.62. The van der Waals surface area contributed by atoms with Gasteiger partial charge in [-0.1, -0.05) is 28.9 Å². The molecule has 0 atom stereocenters. The fraction of sp³-hybridized carbons (Fsp3) is 0.333. The molecule has 0 unspecified atom stereocenters. The molecule has 0 aliphatic rings. The molecule has 0 radical (unpaired) electrons. The van der Waals surface area contributed by atoms with Crippen LogP contribution in [0, 0.1) is 6.92 Å². The summed E-state index contributed by atoms with van der Waals surface area (Å²) in [6.07, 6.45) is 2.27. The molecule has 0 saturated carbocycles. The second kappa shape index (κ2) is 10.8. The van der Waals surface area contributed by atoms with Gasteiger partial charge in [-0.3, -0.25) is 9.98 Å². The van der Waals surface area contributed by atoms with Crippen molar-refractivity contribution in [3.05, 3.63) is 60.0 Å². The Kier molecular flexibility index (Phi) is 7.56. The first-order chi connectivity index (χ1) is 14.2. The van der Waals surface area contributed by atoms with Gasteiger partial charge < -0.3 is 19.9 Å². The highest BCUT2D eigenvalue weighted by Gasteiger charge is 2.09. The van der Waals surface area contributed by atoms with E-state index in [-0.39, 0.29) is 0 Å². The van der Waals surface area contributed by atoms with E-state index in [0.717, 1.165) is 18.3 Å². The lowest BCUT2D eigenvalue weighted by Gasteiger charge is -2.12. The highest BCUT2D eigenvalue weighted by molar-refractivity contribution is 5.79. The molecule has 152 valence electrons. The summed E-state index contributed by atoms with van der Waals surface area (Å²) >= 11 is 0. The minimum atomic E-state index is 0.419. The van der Waals surface area contributed by atoms with Gasteiger partial charge in [0.05, 0.1) is 6.54 Å². The van der Waals surface area contributed by atoms with Gasteiger partial charge in [0, 0.05) is 25.7 Å². The van der Waals surface area contributed by atoms with Gasteiger partial charge >= 0.3 is 0 Å². The lowest BCUT2D eigenvalue weighted by Crippen LogP contribution is -2.39. The molecule has 0 amide bonds. The van der Waals surface area contributed by atoms with Crippen LogP contribution in [0.1, 0.15) is 18.3 Å². The SMILES string of the molecule is CCNC(=NCCc1noc(-c2ccccn2)n1)NCCOc1ccc(C)cc1. The molecule has 8 nitrogen and oxygen atoms in total. The highest BCUT2D eigenvalue weighted by Crippen LogP contribution is 2.13. The molecule has 0 saturated heterocycles. The number of aryl methyl sites for hydroxylation is 1. The average Bonchev–Trinajstić information content (AvgIpc) is 3.22. The van der Waals surface area contributed by atoms with Gasteiger partial charge in [-0.2, -0.15) is 4.98 Å². The van der Waals surface area contributed by atoms with E-state index in [1.54, 1.807) is 6.20 Å². The van der Waals surface area contributed by atoms with Crippen molar-refractivity contribution in [3.8, 4) is 17.3 Å². The molecule has 0 bridgehead atoms. The molecule has 29 heavy (non-hydrogen) atoms. The molecular weight excluding hydrogens is 368 g/mol. The van der Waals surface area contributed by atoms with E-state index in [4.69, 9.17) is 9.26 Å². The number of hydrogen-bond acceptors (Lipinski definition) is 6. The normalized spacial score (nSPS) is 11.3. The fourth-order valence-electron chi connectivity index (χ4n) is 2.53. The maximum absolute atomic E-state index is 5.72. The molecule has 0 fully saturated rings. The molecule has 3 rings (SSSR count). The third kappa shape index (κ3) is 6.60. The van der Waals surface area contributed by atoms with Gasteiger partial charge in [0.25, 0.3) is 5.89 Å². The molecular formula is C21H26N6O2. The lowest BCUT2D eigenvalue weighted by atomic mass is 10.2. The second-order valence-electron chi connectivity index (χ2n) is 6.33. The first kappa shape index (κ1) is 20.3. The Labute approximate surface area is 170 Å². The Morgan fingerprint density at radius 3 is 2.76 bits per heavy atom. The molecule has 3 aromatic rings. The summed E-state index contributed by atoms with van der Waals surface area (Å²) in [7, 11) is 0. The van der Waals surface area contributed by atoms with Crippen molar-refractivity contribution in [1.29, 1.82) is 0 Å². The number of nitrogens with one attached hydrogen (secondary N) is 2. The van der Waals surface area contributed by atoms with Crippen molar-refractivity contribution in [3.63, 3.8) is 0 Å². The number of hydrogen-bond donors (Lipinski definition) is 2. The van der Waals surface area contributed by atoms with Crippen LogP contribution in [0.15, 0.2) is 58.2 Å². The van der Waals surface area contributed by atoms with E-state index in [2.05, 4.69) is 37.7 Å². The van der Waals surface area contributed by atoms with Crippen LogP contribution >= 0.6 is 0 Å². The smallest absolute Gasteiger partial charge is 0.276 e. The summed E-state index contributed by atoms with van der Waals surface area (Å²) in [5.74, 6) is 2.62. The number of rotatable bonds is 9. The van der Waals surface area contributed by atoms with E-state index >= 15 is 0 Å². The summed E-state index contributed by atoms with van der Waals surface area (Å²) in [6.45, 7) is 6.58. The van der Waals surface area contributed by atoms with E-state index in [0.29, 0.717) is 43.5 Å². The van der Waals surface area contributed by atoms with Gasteiger partial charge in [0.15, 0.2) is 11.8 Å². The number of ether oxygens (including phenoxy) is 1. The van der Waals surface area contributed by atoms with Gasteiger partial charge in [-0.25, -0.2) is 0 Å². The van der Waals surface area contributed by atoms with Crippen molar-refractivity contribution < 1.29 is 9.26 Å². The van der Waals surface area contributed by atoms with E-state index < -0.39 is 0 Å². The summed E-state index contributed by atoms with van der Waals surface area (Å²) in [5, 5.41) is 10.5. The molecule has 8 heteroatoms. The number of aromatic nitrogens is 3. The van der Waals surface area contributed by atoms with Gasteiger partial charge in [-0.05, 0) is 38.1 Å². The minimum Gasteiger partial charge on any atom is -0.492 e. The van der Waals surface area contributed by atoms with Crippen molar-refractivity contribution in [1.82, 2.24) is 25.8 Å². The van der Waals surface area contributed by atoms with Crippen LogP contribution in [-0.4, -0.2) is 47.3 Å². The standard InChI is InChI=1S/C21H26N6O2/c1-3-22-21(25-14-15-28-17-9-7-16(2)8-10-17)24-13-11-19-26-20(29-27-19)18-6-4-5-12-23-18/h4-10,12H,3,11,13-15H2,1-2H3,(H2,22,24,25). The zero-order chi connectivity index (χ0) is 20.3. The van der Waals surface area contributed by atoms with Crippen LogP contribution in [0.4, 0.5) is 0 Å². The number of pyridine rings is 1. The maximum Gasteiger partial charge on any atom is 0.276 e. The van der Waals surface area contributed by atoms with Crippen LogP contribution in [0.2, 0.25) is 0 Å². The fourth-order valence-corrected chi connectivity index (χ4v) is 2.53. The van der Waals surface area contributed by atoms with Crippen molar-refractivity contribution in [2.45, 2.75) is 20.3 Å². The molecule has 2 heterocycles. The first-order valence-corrected chi connectivity index (χ1v) is 9.70. The molecule has 0 spiro atoms. The Hall–Kier alpha value is -3.42. The van der Waals surface area contributed by atoms with Gasteiger partial charge in [0.1, 0.15) is 18.1 Å². The number of nitrogens with zero attached hydrogens (tertiary/aromatic N) is 4. The van der Waals surface area contributed by atoms with Gasteiger partial charge in [0.2, 0.25) is 0 Å². The summed E-state index contributed by atoms with van der Waals surface area (Å²) in [5.41, 5.74) is 1.88. The van der Waals surface area contributed by atoms with E-state index in [9.17, 15) is 0 Å². The first-order valence-electron chi connectivity index (χ1n) is 9.70. The average molecular weight is 394 g/mol. The second-order valence-corrected chi connectivity index (χ2v) is 6.33. The Morgan fingerprint density at radius 2 is 2.00 bits per heavy atom. The molecule has 1 aromatic carbocycles. The number of benzene rings is 1. The third-order valence-corrected chi connectivity index (χ3v) is 3.99. The van der Waals surface area contributed by atoms with Crippen LogP contribution in [0.3, 0.4) is 0 Å². The Morgan fingerprint density at radius 1 is 1.14 bits per heavy atom. The largest absolute Gasteiger partial charge is 0.492 e. The monoisotopic (exact) mass is 394 g/mol. The van der Waals surface area contributed by atoms with Crippen LogP contribution in [0.25, 0.3) is 11.6 Å². The van der Waals surface area contributed by atoms with E-state index in [1.165, 1.54) is 5.56 Å². The zero-order valence-corrected chi connectivity index (χ0v) is 16.8. The van der Waals surface area contributed by atoms with E-state index in [1.807, 2.05) is 49.4 Å². The highest BCUT2D eigenvalue weighted by atomic mass is 16.5. The number of guanidine groups is 1. The van der Waals surface area contributed by atoms with Crippen molar-refractivity contribution in [2.24, 2.45) is 4.99 Å². The molecule has 2 N–H and O–H groups in total. The Balaban J connectivity index is 1.44. The maximum atomic E-state index is 5.72. The molecule has 0 aliphatic heterocycles. The predicted molar refractivity (Wildman–Crippen MR) is 112 cm³/mol. The summed E-state index contributed by atoms with van der Waals surface area (Å²) < 4.78 is 11.0. The Bertz CT molecular complexity index is 893. The van der Waals surface area contributed by atoms with Crippen molar-refractivity contribution in [2.75, 3.05) is 26.2 Å². The quantitative estimate of drug-likeness (QED) is 0.327. The van der Waals surface area contributed by atoms with Crippen LogP contribution in [-0.2, 0) is 6.42 Å². The zero-order valence-electron chi connectivity index (χ0n) is 16.8. The van der Waals surface area contributed by atoms with Crippen LogP contribution < -0.4 is 15.4 Å². The van der Waals surface area contributed by atoms with Crippen LogP contribution in [0.5, 0.6) is 5.75 Å². The minimum absolute atomic E-state index is 0.419. The summed E-state index contributed by atoms with van der Waals surface area (Å²) in [6, 6.07) is 13.6. The molecule has 0 aliphatic carbocycles. The topological polar surface area (TPSA) is 97.5 Å². The lowest BCUT2D eigenvalue weighted by molar-refractivity contribution is 0.322. The summed E-state index contributed by atoms with van der Waals surface area (Å²) in [4.78, 5) is 13.1. The van der Waals surface area contributed by atoms with Crippen molar-refractivity contribution >= 4 is 5.96 Å². The van der Waals surface area contributed by atoms with Gasteiger partial charge in [-0.15, -0.1) is 0 Å².